The van der Waals surface area contributed by atoms with Gasteiger partial charge in [0, 0.05) is 5.41 Å². The Kier molecular flexibility index (Phi) is 3.11. The standard InChI is InChI=1S/C20H29NO3/c1-19-7-5-12(22)9-11(19)3-4-13-15(19)6-8-20(2)16(13)10-14-17(20)21-24-18(14)23/h3,12-16,18,22-23H,4-10H2,1-2H3. The van der Waals surface area contributed by atoms with E-state index in [2.05, 4.69) is 25.1 Å². The predicted octanol–water partition coefficient (Wildman–Crippen LogP) is 3.24. The summed E-state index contributed by atoms with van der Waals surface area (Å²) in [7, 11) is 0. The number of allylic oxidation sites excluding steroid dienone is 1. The van der Waals surface area contributed by atoms with Gasteiger partial charge in [0.15, 0.2) is 0 Å². The minimum atomic E-state index is -0.726. The number of nitrogens with zero attached hydrogens (tertiary/aromatic N) is 1. The molecule has 0 aromatic rings. The summed E-state index contributed by atoms with van der Waals surface area (Å²) in [5, 5.41) is 24.5. The Morgan fingerprint density at radius 1 is 1.12 bits per heavy atom. The van der Waals surface area contributed by atoms with Crippen molar-refractivity contribution in [2.45, 2.75) is 71.2 Å². The molecular formula is C20H29NO3. The van der Waals surface area contributed by atoms with E-state index in [4.69, 9.17) is 4.84 Å². The molecule has 132 valence electrons. The molecule has 2 N–H and O–H groups in total. The normalized spacial score (nSPS) is 55.5. The summed E-state index contributed by atoms with van der Waals surface area (Å²) >= 11 is 0. The van der Waals surface area contributed by atoms with Crippen LogP contribution in [0.4, 0.5) is 0 Å². The molecule has 3 fully saturated rings. The first-order valence-electron chi connectivity index (χ1n) is 9.73. The topological polar surface area (TPSA) is 62.1 Å². The molecule has 4 heteroatoms. The number of rotatable bonds is 0. The third-order valence-corrected chi connectivity index (χ3v) is 8.51. The lowest BCUT2D eigenvalue weighted by atomic mass is 9.48. The van der Waals surface area contributed by atoms with Crippen LogP contribution in [0.1, 0.15) is 58.8 Å². The van der Waals surface area contributed by atoms with Gasteiger partial charge in [-0.1, -0.05) is 30.7 Å². The van der Waals surface area contributed by atoms with E-state index in [1.165, 1.54) is 12.0 Å². The van der Waals surface area contributed by atoms with Gasteiger partial charge in [-0.3, -0.25) is 0 Å². The lowest BCUT2D eigenvalue weighted by Crippen LogP contribution is -2.50. The zero-order valence-corrected chi connectivity index (χ0v) is 14.7. The molecule has 0 aromatic heterocycles. The van der Waals surface area contributed by atoms with E-state index in [9.17, 15) is 10.2 Å². The fourth-order valence-electron chi connectivity index (χ4n) is 7.13. The highest BCUT2D eigenvalue weighted by Gasteiger charge is 2.62. The SMILES string of the molecule is CC12CCC(O)CC1=CCC1C2CCC2(C)C3=NOC(O)C3CC12. The quantitative estimate of drug-likeness (QED) is 0.670. The highest BCUT2D eigenvalue weighted by atomic mass is 16.7. The lowest BCUT2D eigenvalue weighted by Gasteiger charge is -2.57. The molecule has 1 aliphatic heterocycles. The first-order chi connectivity index (χ1) is 11.4. The van der Waals surface area contributed by atoms with Crippen LogP contribution in [0, 0.1) is 34.5 Å². The molecule has 0 aromatic carbocycles. The summed E-state index contributed by atoms with van der Waals surface area (Å²) in [5.74, 6) is 2.14. The van der Waals surface area contributed by atoms with Gasteiger partial charge in [0.1, 0.15) is 0 Å². The maximum atomic E-state index is 10.1. The minimum Gasteiger partial charge on any atom is -0.393 e. The van der Waals surface area contributed by atoms with Crippen LogP contribution in [0.3, 0.4) is 0 Å². The van der Waals surface area contributed by atoms with E-state index in [0.29, 0.717) is 11.8 Å². The zero-order chi connectivity index (χ0) is 16.7. The summed E-state index contributed by atoms with van der Waals surface area (Å²) in [6.45, 7) is 4.82. The number of hydrogen-bond donors (Lipinski definition) is 2. The van der Waals surface area contributed by atoms with Crippen molar-refractivity contribution in [2.75, 3.05) is 0 Å². The van der Waals surface area contributed by atoms with Crippen molar-refractivity contribution in [3.8, 4) is 0 Å². The highest BCUT2D eigenvalue weighted by Crippen LogP contribution is 2.65. The molecule has 1 heterocycles. The van der Waals surface area contributed by atoms with Gasteiger partial charge in [-0.2, -0.15) is 0 Å². The molecular weight excluding hydrogens is 302 g/mol. The van der Waals surface area contributed by atoms with E-state index < -0.39 is 6.29 Å². The van der Waals surface area contributed by atoms with Crippen molar-refractivity contribution in [1.82, 2.24) is 0 Å². The number of fused-ring (bicyclic) bond motifs is 7. The maximum Gasteiger partial charge on any atom is 0.232 e. The molecule has 5 rings (SSSR count). The number of hydrogen-bond acceptors (Lipinski definition) is 4. The van der Waals surface area contributed by atoms with Crippen molar-refractivity contribution in [2.24, 2.45) is 39.7 Å². The number of oxime groups is 1. The van der Waals surface area contributed by atoms with E-state index in [0.717, 1.165) is 50.2 Å². The average molecular weight is 331 g/mol. The number of aliphatic hydroxyl groups excluding tert-OH is 2. The third kappa shape index (κ3) is 1.79. The van der Waals surface area contributed by atoms with Crippen molar-refractivity contribution >= 4 is 5.71 Å². The minimum absolute atomic E-state index is 0.110. The van der Waals surface area contributed by atoms with Crippen LogP contribution in [-0.2, 0) is 4.84 Å². The maximum absolute atomic E-state index is 10.1. The fraction of sp³-hybridized carbons (Fsp3) is 0.850. The monoisotopic (exact) mass is 331 g/mol. The van der Waals surface area contributed by atoms with Crippen LogP contribution in [0.5, 0.6) is 0 Å². The van der Waals surface area contributed by atoms with Gasteiger partial charge in [0.25, 0.3) is 0 Å². The van der Waals surface area contributed by atoms with Gasteiger partial charge in [0.05, 0.1) is 17.7 Å². The summed E-state index contributed by atoms with van der Waals surface area (Å²) in [6.07, 6.45) is 9.11. The second kappa shape index (κ2) is 4.85. The average Bonchev–Trinajstić information content (AvgIpc) is 3.06. The molecule has 0 saturated heterocycles. The van der Waals surface area contributed by atoms with Crippen molar-refractivity contribution in [3.05, 3.63) is 11.6 Å². The summed E-state index contributed by atoms with van der Waals surface area (Å²) in [6, 6.07) is 0. The Balaban J connectivity index is 1.51. The lowest BCUT2D eigenvalue weighted by molar-refractivity contribution is -0.107. The van der Waals surface area contributed by atoms with Crippen molar-refractivity contribution in [1.29, 1.82) is 0 Å². The van der Waals surface area contributed by atoms with Gasteiger partial charge in [-0.25, -0.2) is 0 Å². The molecule has 4 nitrogen and oxygen atoms in total. The Labute approximate surface area is 144 Å². The molecule has 0 amide bonds. The van der Waals surface area contributed by atoms with Gasteiger partial charge >= 0.3 is 0 Å². The molecule has 0 spiro atoms. The Bertz CT molecular complexity index is 628. The van der Waals surface area contributed by atoms with Gasteiger partial charge < -0.3 is 15.1 Å². The van der Waals surface area contributed by atoms with E-state index >= 15 is 0 Å². The summed E-state index contributed by atoms with van der Waals surface area (Å²) < 4.78 is 0. The second-order valence-electron chi connectivity index (χ2n) is 9.43. The van der Waals surface area contributed by atoms with Crippen LogP contribution in [0.15, 0.2) is 16.8 Å². The van der Waals surface area contributed by atoms with Gasteiger partial charge in [0.2, 0.25) is 6.29 Å². The van der Waals surface area contributed by atoms with E-state index in [1.54, 1.807) is 0 Å². The number of aliphatic hydroxyl groups is 2. The Morgan fingerprint density at radius 2 is 1.92 bits per heavy atom. The second-order valence-corrected chi connectivity index (χ2v) is 9.43. The molecule has 5 aliphatic rings. The van der Waals surface area contributed by atoms with E-state index in [1.807, 2.05) is 0 Å². The molecule has 0 bridgehead atoms. The fourth-order valence-corrected chi connectivity index (χ4v) is 7.13. The van der Waals surface area contributed by atoms with Crippen LogP contribution < -0.4 is 0 Å². The van der Waals surface area contributed by atoms with E-state index in [-0.39, 0.29) is 22.9 Å². The molecule has 3 saturated carbocycles. The van der Waals surface area contributed by atoms with Crippen LogP contribution in [-0.4, -0.2) is 28.3 Å². The highest BCUT2D eigenvalue weighted by molar-refractivity contribution is 5.95. The zero-order valence-electron chi connectivity index (χ0n) is 14.7. The molecule has 4 aliphatic carbocycles. The van der Waals surface area contributed by atoms with Crippen LogP contribution in [0.2, 0.25) is 0 Å². The first-order valence-corrected chi connectivity index (χ1v) is 9.73. The molecule has 8 atom stereocenters. The van der Waals surface area contributed by atoms with Crippen molar-refractivity contribution < 1.29 is 15.1 Å². The van der Waals surface area contributed by atoms with Gasteiger partial charge in [-0.05, 0) is 68.1 Å². The smallest absolute Gasteiger partial charge is 0.232 e. The van der Waals surface area contributed by atoms with Crippen LogP contribution in [0.25, 0.3) is 0 Å². The summed E-state index contributed by atoms with van der Waals surface area (Å²) in [4.78, 5) is 5.19. The predicted molar refractivity (Wildman–Crippen MR) is 91.1 cm³/mol. The van der Waals surface area contributed by atoms with Gasteiger partial charge in [-0.15, -0.1) is 0 Å². The molecule has 0 radical (unpaired) electrons. The van der Waals surface area contributed by atoms with Crippen LogP contribution >= 0.6 is 0 Å². The third-order valence-electron chi connectivity index (χ3n) is 8.51. The Hall–Kier alpha value is -0.870. The summed E-state index contributed by atoms with van der Waals surface area (Å²) in [5.41, 5.74) is 3.04. The largest absolute Gasteiger partial charge is 0.393 e. The molecule has 8 unspecified atom stereocenters. The molecule has 24 heavy (non-hydrogen) atoms. The Morgan fingerprint density at radius 3 is 2.75 bits per heavy atom. The van der Waals surface area contributed by atoms with Crippen molar-refractivity contribution in [3.63, 3.8) is 0 Å². The first kappa shape index (κ1) is 15.4.